The van der Waals surface area contributed by atoms with Gasteiger partial charge in [-0.1, -0.05) is 42.5 Å². The quantitative estimate of drug-likeness (QED) is 0.592. The van der Waals surface area contributed by atoms with Crippen molar-refractivity contribution in [1.29, 1.82) is 0 Å². The van der Waals surface area contributed by atoms with Gasteiger partial charge in [0.05, 0.1) is 0 Å². The number of hydrogen-bond acceptors (Lipinski definition) is 0. The van der Waals surface area contributed by atoms with Crippen LogP contribution in [-0.4, -0.2) is 0 Å². The van der Waals surface area contributed by atoms with Crippen molar-refractivity contribution >= 4 is 0 Å². The molecule has 0 aromatic heterocycles. The van der Waals surface area contributed by atoms with Crippen LogP contribution in [0.1, 0.15) is 18.4 Å². The average molecular weight is 158 g/mol. The number of allylic oxidation sites excluding steroid dienone is 1. The Hall–Kier alpha value is -1.04. The van der Waals surface area contributed by atoms with Gasteiger partial charge in [-0.15, -0.1) is 0 Å². The summed E-state index contributed by atoms with van der Waals surface area (Å²) in [5.41, 5.74) is 2.91. The van der Waals surface area contributed by atoms with Crippen LogP contribution < -0.4 is 0 Å². The number of aryl methyl sites for hydroxylation is 1. The van der Waals surface area contributed by atoms with Gasteiger partial charge in [0.2, 0.25) is 0 Å². The van der Waals surface area contributed by atoms with E-state index in [4.69, 9.17) is 0 Å². The fourth-order valence-corrected chi connectivity index (χ4v) is 1.55. The summed E-state index contributed by atoms with van der Waals surface area (Å²) in [5, 5.41) is 0. The molecule has 1 saturated carbocycles. The molecule has 0 bridgehead atoms. The first-order valence-corrected chi connectivity index (χ1v) is 4.58. The fourth-order valence-electron chi connectivity index (χ4n) is 1.55. The van der Waals surface area contributed by atoms with E-state index in [-0.39, 0.29) is 0 Å². The molecule has 1 unspecified atom stereocenters. The molecule has 62 valence electrons. The molecule has 0 amide bonds. The minimum absolute atomic E-state index is 0.838. The molecule has 0 N–H and O–H groups in total. The Morgan fingerprint density at radius 2 is 1.92 bits per heavy atom. The molecule has 1 aromatic rings. The summed E-state index contributed by atoms with van der Waals surface area (Å²) in [4.78, 5) is 0. The molecule has 1 atom stereocenters. The Labute approximate surface area is 73.9 Å². The van der Waals surface area contributed by atoms with Crippen LogP contribution in [0.2, 0.25) is 0 Å². The maximum Gasteiger partial charge on any atom is -0.0165 e. The maximum absolute atomic E-state index is 3.96. The minimum Gasteiger partial charge on any atom is -0.0995 e. The monoisotopic (exact) mass is 158 g/mol. The van der Waals surface area contributed by atoms with Crippen molar-refractivity contribution in [1.82, 2.24) is 0 Å². The Balaban J connectivity index is 1.84. The second kappa shape index (κ2) is 3.14. The highest BCUT2D eigenvalue weighted by molar-refractivity contribution is 5.21. The molecule has 0 aliphatic heterocycles. The standard InChI is InChI=1S/C12H14/c1-10-9-12(10)8-7-11-5-3-2-4-6-11/h2-6,12H,1,7-9H2. The first-order valence-electron chi connectivity index (χ1n) is 4.58. The Bertz CT molecular complexity index is 271. The lowest BCUT2D eigenvalue weighted by Gasteiger charge is -1.97. The van der Waals surface area contributed by atoms with Crippen LogP contribution in [0.5, 0.6) is 0 Å². The molecule has 0 radical (unpaired) electrons. The van der Waals surface area contributed by atoms with E-state index in [1.54, 1.807) is 0 Å². The van der Waals surface area contributed by atoms with Gasteiger partial charge in [0.15, 0.2) is 0 Å². The highest BCUT2D eigenvalue weighted by Crippen LogP contribution is 2.39. The van der Waals surface area contributed by atoms with Gasteiger partial charge >= 0.3 is 0 Å². The van der Waals surface area contributed by atoms with Crippen LogP contribution in [0.3, 0.4) is 0 Å². The van der Waals surface area contributed by atoms with Crippen LogP contribution in [0.15, 0.2) is 42.5 Å². The lowest BCUT2D eigenvalue weighted by atomic mass is 10.1. The molecule has 0 heteroatoms. The first-order chi connectivity index (χ1) is 5.86. The van der Waals surface area contributed by atoms with Crippen molar-refractivity contribution in [3.63, 3.8) is 0 Å². The van der Waals surface area contributed by atoms with E-state index in [0.29, 0.717) is 0 Å². The van der Waals surface area contributed by atoms with Crippen LogP contribution in [-0.2, 0) is 6.42 Å². The lowest BCUT2D eigenvalue weighted by molar-refractivity contribution is 0.748. The van der Waals surface area contributed by atoms with E-state index in [2.05, 4.69) is 36.9 Å². The molecule has 2 rings (SSSR count). The Morgan fingerprint density at radius 1 is 1.25 bits per heavy atom. The largest absolute Gasteiger partial charge is 0.0995 e. The zero-order valence-electron chi connectivity index (χ0n) is 7.29. The van der Waals surface area contributed by atoms with Gasteiger partial charge in [0, 0.05) is 0 Å². The Kier molecular flexibility index (Phi) is 1.99. The molecular weight excluding hydrogens is 144 g/mol. The van der Waals surface area contributed by atoms with Crippen molar-refractivity contribution in [3.05, 3.63) is 48.0 Å². The first kappa shape index (κ1) is 7.60. The molecule has 1 fully saturated rings. The van der Waals surface area contributed by atoms with Crippen molar-refractivity contribution in [2.45, 2.75) is 19.3 Å². The van der Waals surface area contributed by atoms with Crippen LogP contribution >= 0.6 is 0 Å². The molecule has 0 heterocycles. The summed E-state index contributed by atoms with van der Waals surface area (Å²) in [6.45, 7) is 3.96. The third-order valence-corrected chi connectivity index (χ3v) is 2.55. The third-order valence-electron chi connectivity index (χ3n) is 2.55. The van der Waals surface area contributed by atoms with Crippen molar-refractivity contribution in [2.75, 3.05) is 0 Å². The van der Waals surface area contributed by atoms with Gasteiger partial charge in [0.1, 0.15) is 0 Å². The van der Waals surface area contributed by atoms with Crippen LogP contribution in [0, 0.1) is 5.92 Å². The molecule has 0 nitrogen and oxygen atoms in total. The zero-order valence-corrected chi connectivity index (χ0v) is 7.29. The van der Waals surface area contributed by atoms with Crippen LogP contribution in [0.25, 0.3) is 0 Å². The minimum atomic E-state index is 0.838. The predicted molar refractivity (Wildman–Crippen MR) is 52.0 cm³/mol. The molecule has 1 aliphatic carbocycles. The summed E-state index contributed by atoms with van der Waals surface area (Å²) in [6.07, 6.45) is 3.78. The normalized spacial score (nSPS) is 21.0. The van der Waals surface area contributed by atoms with Gasteiger partial charge in [0.25, 0.3) is 0 Å². The van der Waals surface area contributed by atoms with Crippen molar-refractivity contribution in [3.8, 4) is 0 Å². The smallest absolute Gasteiger partial charge is 0.0165 e. The lowest BCUT2D eigenvalue weighted by Crippen LogP contribution is -1.85. The van der Waals surface area contributed by atoms with Gasteiger partial charge < -0.3 is 0 Å². The van der Waals surface area contributed by atoms with Gasteiger partial charge in [-0.05, 0) is 30.7 Å². The summed E-state index contributed by atoms with van der Waals surface area (Å²) >= 11 is 0. The molecule has 12 heavy (non-hydrogen) atoms. The second-order valence-electron chi connectivity index (χ2n) is 3.58. The highest BCUT2D eigenvalue weighted by Gasteiger charge is 2.25. The highest BCUT2D eigenvalue weighted by atomic mass is 14.3. The van der Waals surface area contributed by atoms with E-state index in [0.717, 1.165) is 5.92 Å². The SMILES string of the molecule is C=C1CC1CCc1ccccc1. The Morgan fingerprint density at radius 3 is 2.50 bits per heavy atom. The molecule has 0 saturated heterocycles. The number of rotatable bonds is 3. The summed E-state index contributed by atoms with van der Waals surface area (Å²) in [5.74, 6) is 0.838. The van der Waals surface area contributed by atoms with E-state index in [1.807, 2.05) is 0 Å². The maximum atomic E-state index is 3.96. The topological polar surface area (TPSA) is 0 Å². The van der Waals surface area contributed by atoms with Gasteiger partial charge in [-0.25, -0.2) is 0 Å². The zero-order chi connectivity index (χ0) is 8.39. The number of benzene rings is 1. The molecule has 0 spiro atoms. The van der Waals surface area contributed by atoms with E-state index >= 15 is 0 Å². The van der Waals surface area contributed by atoms with Gasteiger partial charge in [-0.3, -0.25) is 0 Å². The molecule has 1 aliphatic rings. The summed E-state index contributed by atoms with van der Waals surface area (Å²) in [6, 6.07) is 10.7. The fraction of sp³-hybridized carbons (Fsp3) is 0.333. The third kappa shape index (κ3) is 1.76. The summed E-state index contributed by atoms with van der Waals surface area (Å²) < 4.78 is 0. The van der Waals surface area contributed by atoms with E-state index in [9.17, 15) is 0 Å². The number of hydrogen-bond donors (Lipinski definition) is 0. The average Bonchev–Trinajstić information content (AvgIpc) is 2.81. The van der Waals surface area contributed by atoms with Gasteiger partial charge in [-0.2, -0.15) is 0 Å². The molecular formula is C12H14. The van der Waals surface area contributed by atoms with Crippen molar-refractivity contribution in [2.24, 2.45) is 5.92 Å². The van der Waals surface area contributed by atoms with E-state index in [1.165, 1.54) is 30.4 Å². The van der Waals surface area contributed by atoms with Crippen molar-refractivity contribution < 1.29 is 0 Å². The second-order valence-corrected chi connectivity index (χ2v) is 3.58. The molecule has 1 aromatic carbocycles. The van der Waals surface area contributed by atoms with E-state index < -0.39 is 0 Å². The predicted octanol–water partition coefficient (Wildman–Crippen LogP) is 3.20. The summed E-state index contributed by atoms with van der Waals surface area (Å²) in [7, 11) is 0. The van der Waals surface area contributed by atoms with Crippen LogP contribution in [0.4, 0.5) is 0 Å².